The van der Waals surface area contributed by atoms with Crippen molar-refractivity contribution in [3.8, 4) is 0 Å². The Bertz CT molecular complexity index is 573. The van der Waals surface area contributed by atoms with Gasteiger partial charge in [-0.25, -0.2) is 13.1 Å². The van der Waals surface area contributed by atoms with Crippen molar-refractivity contribution in [2.75, 3.05) is 6.54 Å². The van der Waals surface area contributed by atoms with Crippen LogP contribution in [0.3, 0.4) is 0 Å². The maximum absolute atomic E-state index is 12.6. The molecule has 8 heteroatoms. The zero-order valence-electron chi connectivity index (χ0n) is 11.6. The fourth-order valence-electron chi connectivity index (χ4n) is 1.72. The van der Waals surface area contributed by atoms with Gasteiger partial charge in [0.2, 0.25) is 10.0 Å². The van der Waals surface area contributed by atoms with Crippen LogP contribution in [0.4, 0.5) is 13.2 Å². The summed E-state index contributed by atoms with van der Waals surface area (Å²) in [5.41, 5.74) is -1.00. The highest BCUT2D eigenvalue weighted by Gasteiger charge is 2.31. The normalized spacial score (nSPS) is 14.4. The van der Waals surface area contributed by atoms with E-state index in [1.54, 1.807) is 0 Å². The summed E-state index contributed by atoms with van der Waals surface area (Å²) in [6, 6.07) is 3.60. The third kappa shape index (κ3) is 5.84. The molecule has 3 nitrogen and oxygen atoms in total. The molecular formula is C13H17ClF3NO2S. The van der Waals surface area contributed by atoms with Gasteiger partial charge in [-0.3, -0.25) is 0 Å². The quantitative estimate of drug-likeness (QED) is 0.802. The van der Waals surface area contributed by atoms with Crippen LogP contribution in [-0.2, 0) is 16.2 Å². The molecule has 0 aliphatic heterocycles. The Morgan fingerprint density at radius 1 is 1.29 bits per heavy atom. The summed E-state index contributed by atoms with van der Waals surface area (Å²) in [7, 11) is -4.01. The molecule has 21 heavy (non-hydrogen) atoms. The number of benzene rings is 1. The van der Waals surface area contributed by atoms with Crippen molar-refractivity contribution in [1.82, 2.24) is 4.72 Å². The van der Waals surface area contributed by atoms with Crippen LogP contribution in [0.5, 0.6) is 0 Å². The van der Waals surface area contributed by atoms with Crippen molar-refractivity contribution >= 4 is 21.6 Å². The highest BCUT2D eigenvalue weighted by molar-refractivity contribution is 7.89. The Balaban J connectivity index is 2.84. The number of halogens is 4. The zero-order chi connectivity index (χ0) is 16.3. The molecule has 120 valence electrons. The lowest BCUT2D eigenvalue weighted by atomic mass is 10.1. The zero-order valence-corrected chi connectivity index (χ0v) is 13.2. The number of hydrogen-bond acceptors (Lipinski definition) is 2. The predicted octanol–water partition coefficient (Wildman–Crippen LogP) is 3.64. The van der Waals surface area contributed by atoms with Gasteiger partial charge < -0.3 is 0 Å². The smallest absolute Gasteiger partial charge is 0.210 e. The lowest BCUT2D eigenvalue weighted by molar-refractivity contribution is -0.137. The predicted molar refractivity (Wildman–Crippen MR) is 75.7 cm³/mol. The van der Waals surface area contributed by atoms with Crippen molar-refractivity contribution in [2.45, 2.75) is 36.7 Å². The topological polar surface area (TPSA) is 46.2 Å². The molecule has 0 spiro atoms. The summed E-state index contributed by atoms with van der Waals surface area (Å²) >= 11 is 5.97. The van der Waals surface area contributed by atoms with Crippen LogP contribution < -0.4 is 4.72 Å². The number of hydrogen-bond donors (Lipinski definition) is 1. The Kier molecular flexibility index (Phi) is 6.07. The van der Waals surface area contributed by atoms with Crippen molar-refractivity contribution in [3.63, 3.8) is 0 Å². The minimum absolute atomic E-state index is 0.0295. The van der Waals surface area contributed by atoms with Gasteiger partial charge in [-0.1, -0.05) is 19.9 Å². The van der Waals surface area contributed by atoms with Gasteiger partial charge in [-0.05, 0) is 30.5 Å². The summed E-state index contributed by atoms with van der Waals surface area (Å²) in [5, 5.41) is -0.412. The molecule has 1 aromatic carbocycles. The molecule has 0 fully saturated rings. The van der Waals surface area contributed by atoms with E-state index in [0.29, 0.717) is 18.4 Å². The van der Waals surface area contributed by atoms with Crippen LogP contribution in [0.15, 0.2) is 29.2 Å². The molecule has 1 N–H and O–H groups in total. The number of nitrogens with one attached hydrogen (secondary N) is 1. The Labute approximate surface area is 127 Å². The Morgan fingerprint density at radius 2 is 1.90 bits per heavy atom. The molecular weight excluding hydrogens is 327 g/mol. The molecule has 1 atom stereocenters. The first kappa shape index (κ1) is 18.3. The van der Waals surface area contributed by atoms with Crippen LogP contribution in [0.2, 0.25) is 0 Å². The van der Waals surface area contributed by atoms with Crippen LogP contribution >= 0.6 is 11.6 Å². The minimum Gasteiger partial charge on any atom is -0.210 e. The van der Waals surface area contributed by atoms with E-state index in [9.17, 15) is 21.6 Å². The third-order valence-corrected chi connectivity index (χ3v) is 4.45. The van der Waals surface area contributed by atoms with E-state index in [4.69, 9.17) is 11.6 Å². The molecule has 1 unspecified atom stereocenters. The lowest BCUT2D eigenvalue weighted by Gasteiger charge is -2.14. The second-order valence-electron chi connectivity index (χ2n) is 5.10. The lowest BCUT2D eigenvalue weighted by Crippen LogP contribution is -2.30. The fraction of sp³-hybridized carbons (Fsp3) is 0.538. The molecule has 0 aromatic heterocycles. The van der Waals surface area contributed by atoms with Crippen molar-refractivity contribution in [2.24, 2.45) is 5.92 Å². The van der Waals surface area contributed by atoms with E-state index in [1.165, 1.54) is 0 Å². The van der Waals surface area contributed by atoms with Gasteiger partial charge in [0.05, 0.1) is 10.5 Å². The molecule has 0 bridgehead atoms. The van der Waals surface area contributed by atoms with E-state index >= 15 is 0 Å². The molecule has 0 heterocycles. The Hall–Kier alpha value is -0.790. The van der Waals surface area contributed by atoms with E-state index in [-0.39, 0.29) is 6.54 Å². The van der Waals surface area contributed by atoms with Crippen molar-refractivity contribution in [3.05, 3.63) is 29.8 Å². The van der Waals surface area contributed by atoms with Crippen LogP contribution in [-0.4, -0.2) is 20.3 Å². The van der Waals surface area contributed by atoms with Crippen molar-refractivity contribution < 1.29 is 21.6 Å². The first-order valence-corrected chi connectivity index (χ1v) is 8.25. The van der Waals surface area contributed by atoms with Gasteiger partial charge in [-0.15, -0.1) is 11.6 Å². The first-order chi connectivity index (χ1) is 9.52. The van der Waals surface area contributed by atoms with Gasteiger partial charge >= 0.3 is 6.18 Å². The molecule has 0 saturated heterocycles. The average Bonchev–Trinajstić information content (AvgIpc) is 2.35. The van der Waals surface area contributed by atoms with E-state index < -0.39 is 32.0 Å². The van der Waals surface area contributed by atoms with Gasteiger partial charge in [-0.2, -0.15) is 13.2 Å². The standard InChI is InChI=1S/C13H17ClF3NO2S/c1-9(2)6-11(14)8-18-21(19,20)12-5-3-4-10(7-12)13(15,16)17/h3-5,7,9,11,18H,6,8H2,1-2H3. The molecule has 0 aliphatic rings. The monoisotopic (exact) mass is 343 g/mol. The molecule has 1 aromatic rings. The van der Waals surface area contributed by atoms with E-state index in [0.717, 1.165) is 18.2 Å². The fourth-order valence-corrected chi connectivity index (χ4v) is 3.37. The van der Waals surface area contributed by atoms with Gasteiger partial charge in [0.15, 0.2) is 0 Å². The molecule has 0 aliphatic carbocycles. The van der Waals surface area contributed by atoms with Crippen molar-refractivity contribution in [1.29, 1.82) is 0 Å². The van der Waals surface area contributed by atoms with Crippen LogP contribution in [0.25, 0.3) is 0 Å². The average molecular weight is 344 g/mol. The second-order valence-corrected chi connectivity index (χ2v) is 7.49. The van der Waals surface area contributed by atoms with Gasteiger partial charge in [0.1, 0.15) is 0 Å². The van der Waals surface area contributed by atoms with Gasteiger partial charge in [0, 0.05) is 11.9 Å². The molecule has 0 amide bonds. The Morgan fingerprint density at radius 3 is 2.43 bits per heavy atom. The molecule has 0 radical (unpaired) electrons. The maximum atomic E-state index is 12.6. The third-order valence-electron chi connectivity index (χ3n) is 2.69. The van der Waals surface area contributed by atoms with Crippen LogP contribution in [0.1, 0.15) is 25.8 Å². The summed E-state index contributed by atoms with van der Waals surface area (Å²) in [6.07, 6.45) is -3.98. The SMILES string of the molecule is CC(C)CC(Cl)CNS(=O)(=O)c1cccc(C(F)(F)F)c1. The van der Waals surface area contributed by atoms with E-state index in [1.807, 2.05) is 13.8 Å². The first-order valence-electron chi connectivity index (χ1n) is 6.33. The summed E-state index contributed by atoms with van der Waals surface area (Å²) < 4.78 is 63.9. The highest BCUT2D eigenvalue weighted by atomic mass is 35.5. The highest BCUT2D eigenvalue weighted by Crippen LogP contribution is 2.30. The largest absolute Gasteiger partial charge is 0.416 e. The number of rotatable bonds is 6. The number of sulfonamides is 1. The van der Waals surface area contributed by atoms with Crippen LogP contribution in [0, 0.1) is 5.92 Å². The van der Waals surface area contributed by atoms with Gasteiger partial charge in [0.25, 0.3) is 0 Å². The molecule has 1 rings (SSSR count). The summed E-state index contributed by atoms with van der Waals surface area (Å²) in [4.78, 5) is -0.425. The second kappa shape index (κ2) is 6.98. The maximum Gasteiger partial charge on any atom is 0.416 e. The molecule has 0 saturated carbocycles. The summed E-state index contributed by atoms with van der Waals surface area (Å²) in [5.74, 6) is 0.297. The summed E-state index contributed by atoms with van der Waals surface area (Å²) in [6.45, 7) is 3.85. The number of alkyl halides is 4. The minimum atomic E-state index is -4.59. The van der Waals surface area contributed by atoms with E-state index in [2.05, 4.69) is 4.72 Å².